The van der Waals surface area contributed by atoms with Crippen LogP contribution in [0.2, 0.25) is 10.0 Å². The summed E-state index contributed by atoms with van der Waals surface area (Å²) >= 11 is 24.9. The fourth-order valence-electron chi connectivity index (χ4n) is 3.73. The van der Waals surface area contributed by atoms with Gasteiger partial charge in [0.1, 0.15) is 16.0 Å². The molecule has 3 aromatic rings. The van der Waals surface area contributed by atoms with Crippen LogP contribution in [0.1, 0.15) is 27.4 Å². The Labute approximate surface area is 214 Å². The molecule has 10 heteroatoms. The summed E-state index contributed by atoms with van der Waals surface area (Å²) in [6.45, 7) is 1.68. The lowest BCUT2D eigenvalue weighted by Gasteiger charge is -2.12. The third kappa shape index (κ3) is 4.86. The van der Waals surface area contributed by atoms with Gasteiger partial charge in [-0.05, 0) is 66.6 Å². The fourth-order valence-corrected chi connectivity index (χ4v) is 4.94. The zero-order valence-electron chi connectivity index (χ0n) is 17.4. The number of amides is 2. The predicted octanol–water partition coefficient (Wildman–Crippen LogP) is 7.36. The number of halogens is 6. The van der Waals surface area contributed by atoms with Gasteiger partial charge < -0.3 is 10.6 Å². The highest BCUT2D eigenvalue weighted by Gasteiger charge is 2.67. The van der Waals surface area contributed by atoms with E-state index in [-0.39, 0.29) is 15.6 Å². The molecular formula is C24H16Cl4F2N2O2. The topological polar surface area (TPSA) is 58.2 Å². The van der Waals surface area contributed by atoms with Crippen LogP contribution in [0.25, 0.3) is 0 Å². The number of carbonyl (C=O) groups excluding carboxylic acids is 2. The molecule has 2 atom stereocenters. The number of aryl methyl sites for hydroxylation is 1. The molecule has 0 aliphatic heterocycles. The average molecular weight is 544 g/mol. The van der Waals surface area contributed by atoms with Gasteiger partial charge in [-0.3, -0.25) is 9.59 Å². The van der Waals surface area contributed by atoms with Gasteiger partial charge in [0.25, 0.3) is 5.91 Å². The summed E-state index contributed by atoms with van der Waals surface area (Å²) in [6.07, 6.45) is 0. The molecule has 1 aliphatic rings. The van der Waals surface area contributed by atoms with Crippen LogP contribution < -0.4 is 10.6 Å². The molecule has 0 aromatic heterocycles. The summed E-state index contributed by atoms with van der Waals surface area (Å²) in [6, 6.07) is 12.3. The van der Waals surface area contributed by atoms with Crippen molar-refractivity contribution in [3.63, 3.8) is 0 Å². The quantitative estimate of drug-likeness (QED) is 0.330. The van der Waals surface area contributed by atoms with E-state index in [0.717, 1.165) is 0 Å². The van der Waals surface area contributed by atoms with Crippen LogP contribution in [0, 0.1) is 24.5 Å². The van der Waals surface area contributed by atoms with Crippen molar-refractivity contribution < 1.29 is 18.4 Å². The molecule has 0 saturated heterocycles. The molecule has 0 radical (unpaired) electrons. The molecular weight excluding hydrogens is 528 g/mol. The maximum Gasteiger partial charge on any atom is 0.257 e. The third-order valence-electron chi connectivity index (χ3n) is 5.51. The van der Waals surface area contributed by atoms with Crippen LogP contribution in [0.3, 0.4) is 0 Å². The molecule has 1 aliphatic carbocycles. The summed E-state index contributed by atoms with van der Waals surface area (Å²) < 4.78 is 25.2. The number of hydrogen-bond donors (Lipinski definition) is 2. The molecule has 0 bridgehead atoms. The number of nitrogens with one attached hydrogen (secondary N) is 2. The molecule has 34 heavy (non-hydrogen) atoms. The van der Waals surface area contributed by atoms with Gasteiger partial charge in [0, 0.05) is 17.3 Å². The Balaban J connectivity index is 1.54. The second kappa shape index (κ2) is 9.34. The summed E-state index contributed by atoms with van der Waals surface area (Å²) in [5, 5.41) is 5.45. The Bertz CT molecular complexity index is 1300. The molecule has 3 aromatic carbocycles. The van der Waals surface area contributed by atoms with Crippen molar-refractivity contribution in [2.75, 3.05) is 10.6 Å². The Morgan fingerprint density at radius 3 is 2.24 bits per heavy atom. The van der Waals surface area contributed by atoms with Gasteiger partial charge >= 0.3 is 0 Å². The molecule has 0 spiro atoms. The van der Waals surface area contributed by atoms with Crippen LogP contribution >= 0.6 is 46.4 Å². The highest BCUT2D eigenvalue weighted by Crippen LogP contribution is 2.65. The maximum atomic E-state index is 13.5. The first kappa shape index (κ1) is 24.7. The van der Waals surface area contributed by atoms with Gasteiger partial charge in [0.2, 0.25) is 5.91 Å². The van der Waals surface area contributed by atoms with Crippen molar-refractivity contribution in [3.8, 4) is 0 Å². The molecule has 1 fully saturated rings. The highest BCUT2D eigenvalue weighted by molar-refractivity contribution is 6.53. The predicted molar refractivity (Wildman–Crippen MR) is 131 cm³/mol. The van der Waals surface area contributed by atoms with E-state index in [1.807, 2.05) is 0 Å². The van der Waals surface area contributed by atoms with Gasteiger partial charge in [-0.2, -0.15) is 0 Å². The number of hydrogen-bond acceptors (Lipinski definition) is 2. The lowest BCUT2D eigenvalue weighted by Crippen LogP contribution is -2.18. The molecule has 2 N–H and O–H groups in total. The second-order valence-electron chi connectivity index (χ2n) is 7.91. The van der Waals surface area contributed by atoms with E-state index in [1.54, 1.807) is 13.0 Å². The molecule has 2 unspecified atom stereocenters. The van der Waals surface area contributed by atoms with Gasteiger partial charge in [-0.1, -0.05) is 29.3 Å². The molecule has 176 valence electrons. The first-order valence-corrected chi connectivity index (χ1v) is 11.5. The number of benzene rings is 3. The Morgan fingerprint density at radius 1 is 0.912 bits per heavy atom. The third-order valence-corrected chi connectivity index (χ3v) is 7.24. The van der Waals surface area contributed by atoms with Gasteiger partial charge in [0.05, 0.1) is 21.5 Å². The van der Waals surface area contributed by atoms with Gasteiger partial charge in [-0.15, -0.1) is 23.2 Å². The van der Waals surface area contributed by atoms with E-state index < -0.39 is 39.6 Å². The molecule has 0 heterocycles. The minimum atomic E-state index is -1.41. The number of rotatable bonds is 5. The van der Waals surface area contributed by atoms with E-state index >= 15 is 0 Å². The standard InChI is InChI=1S/C24H16Cl4F2N2O2/c1-11-8-15(10-16(21(11)26)22(33)31-14-5-3-13(29)4-6-14)32-23(34)20-19(24(20,27)28)12-2-7-18(30)17(25)9-12/h2-10,19-20H,1H3,(H,31,33)(H,32,34). The average Bonchev–Trinajstić information content (AvgIpc) is 3.36. The zero-order valence-corrected chi connectivity index (χ0v) is 20.5. The van der Waals surface area contributed by atoms with Crippen LogP contribution in [0.15, 0.2) is 54.6 Å². The fraction of sp³-hybridized carbons (Fsp3) is 0.167. The lowest BCUT2D eigenvalue weighted by molar-refractivity contribution is -0.117. The first-order chi connectivity index (χ1) is 16.0. The summed E-state index contributed by atoms with van der Waals surface area (Å²) in [5.41, 5.74) is 1.88. The number of carbonyl (C=O) groups is 2. The molecule has 1 saturated carbocycles. The minimum Gasteiger partial charge on any atom is -0.326 e. The SMILES string of the molecule is Cc1cc(NC(=O)C2C(c3ccc(F)c(Cl)c3)C2(Cl)Cl)cc(C(=O)Nc2ccc(F)cc2)c1Cl. The highest BCUT2D eigenvalue weighted by atomic mass is 35.5. The maximum absolute atomic E-state index is 13.5. The number of alkyl halides is 2. The minimum absolute atomic E-state index is 0.0992. The lowest BCUT2D eigenvalue weighted by atomic mass is 10.1. The summed E-state index contributed by atoms with van der Waals surface area (Å²) in [5.74, 6) is -3.47. The van der Waals surface area contributed by atoms with E-state index in [0.29, 0.717) is 22.5 Å². The van der Waals surface area contributed by atoms with Gasteiger partial charge in [-0.25, -0.2) is 8.78 Å². The summed E-state index contributed by atoms with van der Waals surface area (Å²) in [4.78, 5) is 25.7. The van der Waals surface area contributed by atoms with E-state index in [2.05, 4.69) is 10.6 Å². The van der Waals surface area contributed by atoms with Crippen molar-refractivity contribution in [3.05, 3.63) is 93.0 Å². The molecule has 2 amide bonds. The van der Waals surface area contributed by atoms with Crippen molar-refractivity contribution in [1.82, 2.24) is 0 Å². The number of anilines is 2. The second-order valence-corrected chi connectivity index (χ2v) is 10.1. The van der Waals surface area contributed by atoms with Crippen molar-refractivity contribution >= 4 is 69.6 Å². The Hall–Kier alpha value is -2.38. The van der Waals surface area contributed by atoms with Crippen molar-refractivity contribution in [2.24, 2.45) is 5.92 Å². The van der Waals surface area contributed by atoms with E-state index in [4.69, 9.17) is 46.4 Å². The Kier molecular flexibility index (Phi) is 6.80. The summed E-state index contributed by atoms with van der Waals surface area (Å²) in [7, 11) is 0. The van der Waals surface area contributed by atoms with Gasteiger partial charge in [0.15, 0.2) is 0 Å². The normalized spacial score (nSPS) is 18.3. The van der Waals surface area contributed by atoms with Crippen LogP contribution in [0.4, 0.5) is 20.2 Å². The molecule has 4 rings (SSSR count). The Morgan fingerprint density at radius 2 is 1.59 bits per heavy atom. The zero-order chi connectivity index (χ0) is 24.8. The monoisotopic (exact) mass is 542 g/mol. The smallest absolute Gasteiger partial charge is 0.257 e. The van der Waals surface area contributed by atoms with Crippen molar-refractivity contribution in [1.29, 1.82) is 0 Å². The van der Waals surface area contributed by atoms with Crippen molar-refractivity contribution in [2.45, 2.75) is 17.2 Å². The molecule has 4 nitrogen and oxygen atoms in total. The van der Waals surface area contributed by atoms with E-state index in [9.17, 15) is 18.4 Å². The largest absolute Gasteiger partial charge is 0.326 e. The first-order valence-electron chi connectivity index (χ1n) is 9.99. The van der Waals surface area contributed by atoms with Crippen LogP contribution in [-0.2, 0) is 4.79 Å². The van der Waals surface area contributed by atoms with Crippen LogP contribution in [0.5, 0.6) is 0 Å². The van der Waals surface area contributed by atoms with Crippen LogP contribution in [-0.4, -0.2) is 16.1 Å². The van der Waals surface area contributed by atoms with E-state index in [1.165, 1.54) is 48.5 Å².